The van der Waals surface area contributed by atoms with Crippen LogP contribution >= 0.6 is 0 Å². The summed E-state index contributed by atoms with van der Waals surface area (Å²) in [6.07, 6.45) is 8.78. The van der Waals surface area contributed by atoms with Gasteiger partial charge < -0.3 is 4.90 Å². The van der Waals surface area contributed by atoms with Crippen molar-refractivity contribution in [1.29, 1.82) is 0 Å². The fourth-order valence-electron chi connectivity index (χ4n) is 1.21. The number of hydrogen-bond acceptors (Lipinski definition) is 1. The van der Waals surface area contributed by atoms with E-state index in [-0.39, 0.29) is 0 Å². The Morgan fingerprint density at radius 1 is 1.25 bits per heavy atom. The normalized spacial score (nSPS) is 12.5. The number of hydrogen-bond donors (Lipinski definition) is 0. The summed E-state index contributed by atoms with van der Waals surface area (Å²) in [5, 5.41) is 0. The molecule has 0 radical (unpaired) electrons. The fourth-order valence-corrected chi connectivity index (χ4v) is 1.21. The zero-order valence-electron chi connectivity index (χ0n) is 8.80. The van der Waals surface area contributed by atoms with E-state index in [9.17, 15) is 0 Å². The minimum atomic E-state index is 1.06. The van der Waals surface area contributed by atoms with Gasteiger partial charge in [-0.05, 0) is 32.9 Å². The van der Waals surface area contributed by atoms with Crippen LogP contribution in [0.25, 0.3) is 0 Å². The minimum absolute atomic E-state index is 1.06. The van der Waals surface area contributed by atoms with Crippen LogP contribution in [0.4, 0.5) is 0 Å². The molecule has 0 N–H and O–H groups in total. The van der Waals surface area contributed by atoms with Gasteiger partial charge in [0.1, 0.15) is 0 Å². The van der Waals surface area contributed by atoms with Crippen molar-refractivity contribution in [3.63, 3.8) is 0 Å². The maximum atomic E-state index is 2.30. The van der Waals surface area contributed by atoms with Gasteiger partial charge in [0.2, 0.25) is 0 Å². The molecule has 1 heteroatoms. The SMILES string of the molecule is CC=C(CC)N(C=CCC)CC. The van der Waals surface area contributed by atoms with Crippen molar-refractivity contribution in [3.05, 3.63) is 24.0 Å². The highest BCUT2D eigenvalue weighted by atomic mass is 15.1. The average molecular weight is 167 g/mol. The zero-order chi connectivity index (χ0) is 9.40. The summed E-state index contributed by atoms with van der Waals surface area (Å²) < 4.78 is 0. The number of allylic oxidation sites excluding steroid dienone is 3. The van der Waals surface area contributed by atoms with Gasteiger partial charge in [-0.15, -0.1) is 0 Å². The van der Waals surface area contributed by atoms with E-state index >= 15 is 0 Å². The monoisotopic (exact) mass is 167 g/mol. The lowest BCUT2D eigenvalue weighted by molar-refractivity contribution is 0.473. The summed E-state index contributed by atoms with van der Waals surface area (Å²) in [4.78, 5) is 2.30. The van der Waals surface area contributed by atoms with Crippen LogP contribution in [-0.4, -0.2) is 11.4 Å². The van der Waals surface area contributed by atoms with Crippen LogP contribution in [-0.2, 0) is 0 Å². The summed E-state index contributed by atoms with van der Waals surface area (Å²) in [6.45, 7) is 9.69. The predicted octanol–water partition coefficient (Wildman–Crippen LogP) is 3.55. The Hall–Kier alpha value is -0.720. The van der Waals surface area contributed by atoms with Crippen LogP contribution in [0.2, 0.25) is 0 Å². The van der Waals surface area contributed by atoms with Crippen molar-refractivity contribution >= 4 is 0 Å². The summed E-state index contributed by atoms with van der Waals surface area (Å²) in [5.74, 6) is 0. The molecular weight excluding hydrogens is 146 g/mol. The average Bonchev–Trinajstić information content (AvgIpc) is 2.12. The van der Waals surface area contributed by atoms with Crippen molar-refractivity contribution < 1.29 is 0 Å². The second-order valence-electron chi connectivity index (χ2n) is 2.71. The first-order valence-electron chi connectivity index (χ1n) is 4.88. The van der Waals surface area contributed by atoms with Gasteiger partial charge in [-0.2, -0.15) is 0 Å². The Morgan fingerprint density at radius 3 is 2.25 bits per heavy atom. The highest BCUT2D eigenvalue weighted by Gasteiger charge is 1.98. The molecule has 0 aromatic carbocycles. The van der Waals surface area contributed by atoms with Crippen molar-refractivity contribution in [3.8, 4) is 0 Å². The quantitative estimate of drug-likeness (QED) is 0.605. The van der Waals surface area contributed by atoms with Gasteiger partial charge in [0.25, 0.3) is 0 Å². The molecule has 0 heterocycles. The summed E-state index contributed by atoms with van der Waals surface area (Å²) in [6, 6.07) is 0. The standard InChI is InChI=1S/C11H21N/c1-5-9-10-12(8-4)11(6-2)7-3/h6,9-10H,5,7-8H2,1-4H3. The Bertz CT molecular complexity index is 156. The van der Waals surface area contributed by atoms with Crippen LogP contribution < -0.4 is 0 Å². The molecule has 1 nitrogen and oxygen atoms in total. The van der Waals surface area contributed by atoms with Crippen molar-refractivity contribution in [2.24, 2.45) is 0 Å². The van der Waals surface area contributed by atoms with E-state index in [4.69, 9.17) is 0 Å². The van der Waals surface area contributed by atoms with Crippen molar-refractivity contribution in [2.75, 3.05) is 6.54 Å². The van der Waals surface area contributed by atoms with Crippen LogP contribution in [0.15, 0.2) is 24.0 Å². The zero-order valence-corrected chi connectivity index (χ0v) is 8.80. The molecule has 0 bridgehead atoms. The van der Waals surface area contributed by atoms with E-state index in [1.807, 2.05) is 0 Å². The molecule has 0 atom stereocenters. The van der Waals surface area contributed by atoms with Gasteiger partial charge in [-0.25, -0.2) is 0 Å². The lowest BCUT2D eigenvalue weighted by atomic mass is 10.3. The third-order valence-corrected chi connectivity index (χ3v) is 1.93. The lowest BCUT2D eigenvalue weighted by Crippen LogP contribution is -2.15. The molecule has 70 valence electrons. The van der Waals surface area contributed by atoms with Crippen LogP contribution in [0.5, 0.6) is 0 Å². The maximum absolute atomic E-state index is 2.30. The molecule has 0 rings (SSSR count). The molecule has 0 aromatic rings. The second-order valence-corrected chi connectivity index (χ2v) is 2.71. The van der Waals surface area contributed by atoms with Crippen molar-refractivity contribution in [1.82, 2.24) is 4.90 Å². The Kier molecular flexibility index (Phi) is 6.54. The lowest BCUT2D eigenvalue weighted by Gasteiger charge is -2.20. The second kappa shape index (κ2) is 6.96. The van der Waals surface area contributed by atoms with Gasteiger partial charge in [-0.3, -0.25) is 0 Å². The Morgan fingerprint density at radius 2 is 1.92 bits per heavy atom. The molecular formula is C11H21N. The van der Waals surface area contributed by atoms with Crippen LogP contribution in [0.1, 0.15) is 40.5 Å². The minimum Gasteiger partial charge on any atom is -0.352 e. The maximum Gasteiger partial charge on any atom is 0.0193 e. The summed E-state index contributed by atoms with van der Waals surface area (Å²) in [5.41, 5.74) is 1.40. The number of nitrogens with zero attached hydrogens (tertiary/aromatic N) is 1. The third-order valence-electron chi connectivity index (χ3n) is 1.93. The van der Waals surface area contributed by atoms with Gasteiger partial charge in [0.15, 0.2) is 0 Å². The molecule has 0 saturated carbocycles. The molecule has 0 aliphatic carbocycles. The van der Waals surface area contributed by atoms with Gasteiger partial charge in [0.05, 0.1) is 0 Å². The fraction of sp³-hybridized carbons (Fsp3) is 0.636. The largest absolute Gasteiger partial charge is 0.352 e. The highest BCUT2D eigenvalue weighted by molar-refractivity contribution is 5.03. The van der Waals surface area contributed by atoms with E-state index in [2.05, 4.69) is 50.9 Å². The summed E-state index contributed by atoms with van der Waals surface area (Å²) in [7, 11) is 0. The molecule has 0 fully saturated rings. The van der Waals surface area contributed by atoms with Gasteiger partial charge in [-0.1, -0.05) is 26.0 Å². The molecule has 0 aliphatic heterocycles. The molecule has 0 aromatic heterocycles. The first-order chi connectivity index (χ1) is 5.79. The van der Waals surface area contributed by atoms with Crippen LogP contribution in [0.3, 0.4) is 0 Å². The molecule has 0 unspecified atom stereocenters. The first kappa shape index (κ1) is 11.3. The molecule has 0 spiro atoms. The molecule has 0 amide bonds. The van der Waals surface area contributed by atoms with E-state index < -0.39 is 0 Å². The number of rotatable bonds is 5. The van der Waals surface area contributed by atoms with Crippen molar-refractivity contribution in [2.45, 2.75) is 40.5 Å². The van der Waals surface area contributed by atoms with Gasteiger partial charge >= 0.3 is 0 Å². The van der Waals surface area contributed by atoms with Crippen LogP contribution in [0, 0.1) is 0 Å². The van der Waals surface area contributed by atoms with E-state index in [1.165, 1.54) is 5.70 Å². The van der Waals surface area contributed by atoms with Gasteiger partial charge in [0, 0.05) is 12.2 Å². The van der Waals surface area contributed by atoms with E-state index in [1.54, 1.807) is 0 Å². The third kappa shape index (κ3) is 3.61. The first-order valence-corrected chi connectivity index (χ1v) is 4.88. The molecule has 12 heavy (non-hydrogen) atoms. The Balaban J connectivity index is 4.22. The summed E-state index contributed by atoms with van der Waals surface area (Å²) >= 11 is 0. The predicted molar refractivity (Wildman–Crippen MR) is 55.9 cm³/mol. The Labute approximate surface area is 76.8 Å². The smallest absolute Gasteiger partial charge is 0.0193 e. The highest BCUT2D eigenvalue weighted by Crippen LogP contribution is 2.08. The topological polar surface area (TPSA) is 3.24 Å². The van der Waals surface area contributed by atoms with E-state index in [0.29, 0.717) is 0 Å². The molecule has 0 saturated heterocycles. The van der Waals surface area contributed by atoms with E-state index in [0.717, 1.165) is 19.4 Å². The molecule has 0 aliphatic rings.